The first kappa shape index (κ1) is 17.3. The van der Waals surface area contributed by atoms with Gasteiger partial charge >= 0.3 is 0 Å². The Labute approximate surface area is 161 Å². The van der Waals surface area contributed by atoms with Gasteiger partial charge in [0.2, 0.25) is 5.91 Å². The standard InChI is InChI=1S/C22H17ClN2O2/c1-14-10-11-20-16(12-14)22(27)15-6-2-5-9-19(15)25(20)13-21(26)24-18-8-4-3-7-17(18)23/h2-12H,13H2,1H3,(H,24,26). The Hall–Kier alpha value is -3.11. The Morgan fingerprint density at radius 2 is 1.67 bits per heavy atom. The molecule has 0 aliphatic heterocycles. The average Bonchev–Trinajstić information content (AvgIpc) is 2.67. The summed E-state index contributed by atoms with van der Waals surface area (Å²) in [7, 11) is 0. The molecule has 5 heteroatoms. The molecule has 0 aliphatic rings. The van der Waals surface area contributed by atoms with Crippen molar-refractivity contribution < 1.29 is 4.79 Å². The number of nitrogens with zero attached hydrogens (tertiary/aromatic N) is 1. The van der Waals surface area contributed by atoms with E-state index in [4.69, 9.17) is 11.6 Å². The minimum atomic E-state index is -0.209. The Balaban J connectivity index is 1.84. The lowest BCUT2D eigenvalue weighted by Crippen LogP contribution is -2.21. The van der Waals surface area contributed by atoms with Gasteiger partial charge in [0.1, 0.15) is 6.54 Å². The summed E-state index contributed by atoms with van der Waals surface area (Å²) in [5, 5.41) is 4.54. The zero-order valence-electron chi connectivity index (χ0n) is 14.7. The quantitative estimate of drug-likeness (QED) is 0.524. The summed E-state index contributed by atoms with van der Waals surface area (Å²) in [6.45, 7) is 2.02. The van der Waals surface area contributed by atoms with Gasteiger partial charge in [-0.1, -0.05) is 47.5 Å². The number of hydrogen-bond donors (Lipinski definition) is 1. The van der Waals surface area contributed by atoms with Crippen molar-refractivity contribution in [2.75, 3.05) is 5.32 Å². The van der Waals surface area contributed by atoms with Crippen molar-refractivity contribution in [2.24, 2.45) is 0 Å². The van der Waals surface area contributed by atoms with E-state index in [2.05, 4.69) is 5.32 Å². The maximum absolute atomic E-state index is 12.9. The van der Waals surface area contributed by atoms with Gasteiger partial charge in [-0.3, -0.25) is 9.59 Å². The number of aromatic nitrogens is 1. The number of nitrogens with one attached hydrogen (secondary N) is 1. The molecule has 1 amide bonds. The van der Waals surface area contributed by atoms with Crippen molar-refractivity contribution in [3.8, 4) is 0 Å². The maximum atomic E-state index is 12.9. The monoisotopic (exact) mass is 376 g/mol. The highest BCUT2D eigenvalue weighted by Gasteiger charge is 2.14. The van der Waals surface area contributed by atoms with Crippen molar-refractivity contribution in [3.63, 3.8) is 0 Å². The van der Waals surface area contributed by atoms with Crippen LogP contribution in [0.5, 0.6) is 0 Å². The molecule has 1 aromatic heterocycles. The van der Waals surface area contributed by atoms with Gasteiger partial charge in [0.25, 0.3) is 0 Å². The van der Waals surface area contributed by atoms with Crippen LogP contribution in [0.25, 0.3) is 21.8 Å². The fourth-order valence-corrected chi connectivity index (χ4v) is 3.49. The fraction of sp³-hybridized carbons (Fsp3) is 0.0909. The third-order valence-electron chi connectivity index (χ3n) is 4.58. The van der Waals surface area contributed by atoms with E-state index in [1.54, 1.807) is 18.2 Å². The lowest BCUT2D eigenvalue weighted by atomic mass is 10.1. The number of hydrogen-bond acceptors (Lipinski definition) is 2. The topological polar surface area (TPSA) is 51.1 Å². The van der Waals surface area contributed by atoms with Crippen LogP contribution >= 0.6 is 11.6 Å². The summed E-state index contributed by atoms with van der Waals surface area (Å²) < 4.78 is 1.87. The van der Waals surface area contributed by atoms with E-state index in [1.165, 1.54) is 0 Å². The van der Waals surface area contributed by atoms with Crippen molar-refractivity contribution in [1.82, 2.24) is 4.57 Å². The second-order valence-corrected chi connectivity index (χ2v) is 6.89. The highest BCUT2D eigenvalue weighted by atomic mass is 35.5. The normalized spacial score (nSPS) is 11.0. The molecule has 1 N–H and O–H groups in total. The maximum Gasteiger partial charge on any atom is 0.244 e. The number of rotatable bonds is 3. The van der Waals surface area contributed by atoms with Gasteiger partial charge in [-0.2, -0.15) is 0 Å². The number of aryl methyl sites for hydroxylation is 1. The van der Waals surface area contributed by atoms with E-state index < -0.39 is 0 Å². The van der Waals surface area contributed by atoms with Gasteiger partial charge in [-0.05, 0) is 43.3 Å². The third-order valence-corrected chi connectivity index (χ3v) is 4.91. The minimum Gasteiger partial charge on any atom is -0.331 e. The number of para-hydroxylation sites is 2. The summed E-state index contributed by atoms with van der Waals surface area (Å²) in [5.74, 6) is -0.209. The molecule has 0 radical (unpaired) electrons. The van der Waals surface area contributed by atoms with E-state index >= 15 is 0 Å². The Morgan fingerprint density at radius 1 is 0.963 bits per heavy atom. The molecule has 0 atom stereocenters. The molecule has 4 aromatic rings. The molecule has 134 valence electrons. The van der Waals surface area contributed by atoms with Crippen LogP contribution in [-0.2, 0) is 11.3 Å². The molecule has 0 saturated heterocycles. The average molecular weight is 377 g/mol. The molecule has 27 heavy (non-hydrogen) atoms. The van der Waals surface area contributed by atoms with Crippen LogP contribution in [0.3, 0.4) is 0 Å². The Morgan fingerprint density at radius 3 is 2.48 bits per heavy atom. The second-order valence-electron chi connectivity index (χ2n) is 6.48. The van der Waals surface area contributed by atoms with Crippen LogP contribution in [-0.4, -0.2) is 10.5 Å². The largest absolute Gasteiger partial charge is 0.331 e. The van der Waals surface area contributed by atoms with Crippen LogP contribution in [0.15, 0.2) is 71.5 Å². The number of amides is 1. The number of pyridine rings is 1. The molecular formula is C22H17ClN2O2. The molecule has 0 aliphatic carbocycles. The number of anilines is 1. The molecule has 1 heterocycles. The lowest BCUT2D eigenvalue weighted by Gasteiger charge is -2.16. The number of fused-ring (bicyclic) bond motifs is 2. The van der Waals surface area contributed by atoms with Crippen molar-refractivity contribution in [1.29, 1.82) is 0 Å². The van der Waals surface area contributed by atoms with Crippen LogP contribution in [0.1, 0.15) is 5.56 Å². The molecule has 0 unspecified atom stereocenters. The summed E-state index contributed by atoms with van der Waals surface area (Å²) >= 11 is 6.14. The third kappa shape index (κ3) is 3.20. The first-order valence-electron chi connectivity index (χ1n) is 8.61. The molecule has 0 fully saturated rings. The molecule has 4 nitrogen and oxygen atoms in total. The highest BCUT2D eigenvalue weighted by Crippen LogP contribution is 2.22. The van der Waals surface area contributed by atoms with Gasteiger partial charge in [0.05, 0.1) is 21.7 Å². The molecule has 0 bridgehead atoms. The first-order valence-corrected chi connectivity index (χ1v) is 8.98. The fourth-order valence-electron chi connectivity index (χ4n) is 3.31. The SMILES string of the molecule is Cc1ccc2c(c1)c(=O)c1ccccc1n2CC(=O)Nc1ccccc1Cl. The van der Waals surface area contributed by atoms with Crippen LogP contribution in [0, 0.1) is 6.92 Å². The zero-order valence-corrected chi connectivity index (χ0v) is 15.5. The van der Waals surface area contributed by atoms with E-state index in [0.29, 0.717) is 21.5 Å². The van der Waals surface area contributed by atoms with Gasteiger partial charge in [0.15, 0.2) is 5.43 Å². The van der Waals surface area contributed by atoms with Gasteiger partial charge < -0.3 is 9.88 Å². The van der Waals surface area contributed by atoms with Gasteiger partial charge in [0, 0.05) is 10.8 Å². The van der Waals surface area contributed by atoms with Gasteiger partial charge in [-0.15, -0.1) is 0 Å². The smallest absolute Gasteiger partial charge is 0.244 e. The Kier molecular flexibility index (Phi) is 4.42. The van der Waals surface area contributed by atoms with E-state index in [-0.39, 0.29) is 17.9 Å². The predicted octanol–water partition coefficient (Wildman–Crippen LogP) is 4.76. The summed E-state index contributed by atoms with van der Waals surface area (Å²) in [5.41, 5.74) is 3.01. The number of benzene rings is 3. The molecular weight excluding hydrogens is 360 g/mol. The van der Waals surface area contributed by atoms with E-state index in [1.807, 2.05) is 60.0 Å². The van der Waals surface area contributed by atoms with Crippen LogP contribution in [0.4, 0.5) is 5.69 Å². The van der Waals surface area contributed by atoms with Crippen molar-refractivity contribution in [2.45, 2.75) is 13.5 Å². The second kappa shape index (κ2) is 6.89. The van der Waals surface area contributed by atoms with E-state index in [9.17, 15) is 9.59 Å². The van der Waals surface area contributed by atoms with Crippen LogP contribution in [0.2, 0.25) is 5.02 Å². The number of carbonyl (C=O) groups is 1. The van der Waals surface area contributed by atoms with Gasteiger partial charge in [-0.25, -0.2) is 0 Å². The van der Waals surface area contributed by atoms with Crippen LogP contribution < -0.4 is 10.7 Å². The predicted molar refractivity (Wildman–Crippen MR) is 111 cm³/mol. The molecule has 3 aromatic carbocycles. The van der Waals surface area contributed by atoms with Crippen molar-refractivity contribution >= 4 is 45.0 Å². The summed E-state index contributed by atoms with van der Waals surface area (Å²) in [4.78, 5) is 25.6. The number of carbonyl (C=O) groups excluding carboxylic acids is 1. The number of halogens is 1. The highest BCUT2D eigenvalue weighted by molar-refractivity contribution is 6.33. The van der Waals surface area contributed by atoms with Crippen molar-refractivity contribution in [3.05, 3.63) is 87.5 Å². The molecule has 0 spiro atoms. The minimum absolute atomic E-state index is 0.0212. The molecule has 4 rings (SSSR count). The molecule has 0 saturated carbocycles. The summed E-state index contributed by atoms with van der Waals surface area (Å²) in [6, 6.07) is 20.2. The zero-order chi connectivity index (χ0) is 19.0. The van der Waals surface area contributed by atoms with E-state index in [0.717, 1.165) is 16.6 Å². The Bertz CT molecular complexity index is 1240. The first-order chi connectivity index (χ1) is 13.0. The summed E-state index contributed by atoms with van der Waals surface area (Å²) in [6.07, 6.45) is 0. The lowest BCUT2D eigenvalue weighted by molar-refractivity contribution is -0.116.